The summed E-state index contributed by atoms with van der Waals surface area (Å²) in [6.07, 6.45) is -0.953. The van der Waals surface area contributed by atoms with E-state index in [0.717, 1.165) is 0 Å². The molecule has 0 aromatic heterocycles. The Morgan fingerprint density at radius 1 is 0.963 bits per heavy atom. The van der Waals surface area contributed by atoms with E-state index in [1.807, 2.05) is 27.7 Å². The molecule has 0 aliphatic carbocycles. The van der Waals surface area contributed by atoms with Gasteiger partial charge in [0, 0.05) is 19.1 Å². The summed E-state index contributed by atoms with van der Waals surface area (Å²) in [6, 6.07) is 5.17. The highest BCUT2D eigenvalue weighted by Crippen LogP contribution is 2.17. The van der Waals surface area contributed by atoms with Gasteiger partial charge in [-0.2, -0.15) is 0 Å². The molecule has 27 heavy (non-hydrogen) atoms. The van der Waals surface area contributed by atoms with Gasteiger partial charge in [-0.3, -0.25) is 9.63 Å². The van der Waals surface area contributed by atoms with Gasteiger partial charge in [-0.25, -0.2) is 13.2 Å². The SMILES string of the molecule is CON(C)S(=O)(=O)c1ccc(C(=O)O[C@@H](C)C(=O)N(C(C)C)C(C)C)cc1. The summed E-state index contributed by atoms with van der Waals surface area (Å²) in [7, 11) is -1.30. The van der Waals surface area contributed by atoms with Crippen molar-refractivity contribution in [3.8, 4) is 0 Å². The van der Waals surface area contributed by atoms with E-state index in [-0.39, 0.29) is 28.4 Å². The number of hydrogen-bond donors (Lipinski definition) is 0. The topological polar surface area (TPSA) is 93.2 Å². The molecule has 0 bridgehead atoms. The summed E-state index contributed by atoms with van der Waals surface area (Å²) in [6.45, 7) is 9.08. The van der Waals surface area contributed by atoms with Crippen LogP contribution in [0, 0.1) is 0 Å². The monoisotopic (exact) mass is 400 g/mol. The van der Waals surface area contributed by atoms with Gasteiger partial charge >= 0.3 is 5.97 Å². The van der Waals surface area contributed by atoms with E-state index in [9.17, 15) is 18.0 Å². The summed E-state index contributed by atoms with van der Waals surface area (Å²) in [4.78, 5) is 31.1. The minimum absolute atomic E-state index is 0.0269. The van der Waals surface area contributed by atoms with Crippen LogP contribution in [0.5, 0.6) is 0 Å². The molecule has 0 radical (unpaired) electrons. The highest BCUT2D eigenvalue weighted by Gasteiger charge is 2.28. The van der Waals surface area contributed by atoms with Crippen molar-refractivity contribution in [3.63, 3.8) is 0 Å². The quantitative estimate of drug-likeness (QED) is 0.490. The third-order valence-corrected chi connectivity index (χ3v) is 5.68. The van der Waals surface area contributed by atoms with Crippen LogP contribution in [-0.2, 0) is 24.4 Å². The van der Waals surface area contributed by atoms with Gasteiger partial charge in [-0.1, -0.05) is 4.47 Å². The number of hydrogen-bond acceptors (Lipinski definition) is 6. The van der Waals surface area contributed by atoms with E-state index in [2.05, 4.69) is 0 Å². The van der Waals surface area contributed by atoms with Crippen LogP contribution in [-0.4, -0.2) is 62.0 Å². The van der Waals surface area contributed by atoms with Gasteiger partial charge in [0.25, 0.3) is 15.9 Å². The van der Waals surface area contributed by atoms with Crippen molar-refractivity contribution >= 4 is 21.9 Å². The number of carbonyl (C=O) groups excluding carboxylic acids is 2. The Bertz CT molecular complexity index is 751. The van der Waals surface area contributed by atoms with E-state index in [4.69, 9.17) is 9.57 Å². The van der Waals surface area contributed by atoms with E-state index in [1.165, 1.54) is 45.3 Å². The minimum atomic E-state index is -3.80. The molecule has 152 valence electrons. The molecule has 0 saturated carbocycles. The van der Waals surface area contributed by atoms with Crippen LogP contribution in [0.1, 0.15) is 45.0 Å². The molecule has 1 amide bonds. The predicted octanol–water partition coefficient (Wildman–Crippen LogP) is 2.06. The molecular formula is C18H28N2O6S. The molecule has 0 N–H and O–H groups in total. The van der Waals surface area contributed by atoms with Crippen molar-refractivity contribution in [1.82, 2.24) is 9.37 Å². The molecular weight excluding hydrogens is 372 g/mol. The Labute approximate surface area is 161 Å². The van der Waals surface area contributed by atoms with Gasteiger partial charge in [0.05, 0.1) is 17.6 Å². The van der Waals surface area contributed by atoms with E-state index in [0.29, 0.717) is 4.47 Å². The summed E-state index contributed by atoms with van der Waals surface area (Å²) in [5.41, 5.74) is 0.148. The van der Waals surface area contributed by atoms with Gasteiger partial charge < -0.3 is 9.64 Å². The van der Waals surface area contributed by atoms with Crippen LogP contribution in [0.15, 0.2) is 29.2 Å². The second kappa shape index (κ2) is 9.29. The maximum absolute atomic E-state index is 12.5. The molecule has 0 heterocycles. The minimum Gasteiger partial charge on any atom is -0.449 e. The first-order chi connectivity index (χ1) is 12.4. The largest absolute Gasteiger partial charge is 0.449 e. The van der Waals surface area contributed by atoms with E-state index < -0.39 is 22.1 Å². The molecule has 0 saturated heterocycles. The Balaban J connectivity index is 2.91. The smallest absolute Gasteiger partial charge is 0.338 e. The van der Waals surface area contributed by atoms with Gasteiger partial charge in [-0.15, -0.1) is 0 Å². The van der Waals surface area contributed by atoms with Crippen molar-refractivity contribution < 1.29 is 27.6 Å². The molecule has 1 aromatic rings. The standard InChI is InChI=1S/C18H28N2O6S/c1-12(2)20(13(3)4)17(21)14(5)26-18(22)15-8-10-16(11-9-15)27(23,24)19(6)25-7/h8-14H,1-7H3/t14-/m0/s1. The number of sulfonamides is 1. The number of rotatable bonds is 8. The Kier molecular flexibility index (Phi) is 7.94. The first kappa shape index (κ1) is 23.1. The Morgan fingerprint density at radius 2 is 1.44 bits per heavy atom. The molecule has 9 heteroatoms. The third-order valence-electron chi connectivity index (χ3n) is 3.98. The highest BCUT2D eigenvalue weighted by atomic mass is 32.2. The third kappa shape index (κ3) is 5.50. The second-order valence-corrected chi connectivity index (χ2v) is 8.54. The first-order valence-corrected chi connectivity index (χ1v) is 10.0. The first-order valence-electron chi connectivity index (χ1n) is 8.59. The van der Waals surface area contributed by atoms with Crippen LogP contribution < -0.4 is 0 Å². The van der Waals surface area contributed by atoms with Gasteiger partial charge in [0.2, 0.25) is 0 Å². The van der Waals surface area contributed by atoms with E-state index in [1.54, 1.807) is 4.90 Å². The number of carbonyl (C=O) groups is 2. The summed E-state index contributed by atoms with van der Waals surface area (Å²) >= 11 is 0. The van der Waals surface area contributed by atoms with Crippen LogP contribution in [0.25, 0.3) is 0 Å². The maximum Gasteiger partial charge on any atom is 0.338 e. The average Bonchev–Trinajstić information content (AvgIpc) is 2.60. The summed E-state index contributed by atoms with van der Waals surface area (Å²) in [5.74, 6) is -0.985. The van der Waals surface area contributed by atoms with Crippen molar-refractivity contribution in [2.75, 3.05) is 14.2 Å². The molecule has 1 aromatic carbocycles. The lowest BCUT2D eigenvalue weighted by molar-refractivity contribution is -0.143. The fraction of sp³-hybridized carbons (Fsp3) is 0.556. The zero-order chi connectivity index (χ0) is 20.9. The molecule has 0 aliphatic heterocycles. The zero-order valence-electron chi connectivity index (χ0n) is 16.8. The van der Waals surface area contributed by atoms with Gasteiger partial charge in [0.1, 0.15) is 0 Å². The Hall–Kier alpha value is -1.97. The number of esters is 1. The van der Waals surface area contributed by atoms with Crippen LogP contribution in [0.3, 0.4) is 0 Å². The number of amides is 1. The molecule has 0 aliphatic rings. The average molecular weight is 400 g/mol. The van der Waals surface area contributed by atoms with Crippen LogP contribution in [0.4, 0.5) is 0 Å². The van der Waals surface area contributed by atoms with E-state index >= 15 is 0 Å². The fourth-order valence-corrected chi connectivity index (χ4v) is 3.58. The zero-order valence-corrected chi connectivity index (χ0v) is 17.6. The molecule has 8 nitrogen and oxygen atoms in total. The van der Waals surface area contributed by atoms with Crippen LogP contribution >= 0.6 is 0 Å². The number of benzene rings is 1. The molecule has 0 spiro atoms. The lowest BCUT2D eigenvalue weighted by atomic mass is 10.2. The lowest BCUT2D eigenvalue weighted by Crippen LogP contribution is -2.47. The molecule has 0 unspecified atom stereocenters. The van der Waals surface area contributed by atoms with Crippen molar-refractivity contribution in [3.05, 3.63) is 29.8 Å². The number of nitrogens with zero attached hydrogens (tertiary/aromatic N) is 2. The molecule has 1 rings (SSSR count). The predicted molar refractivity (Wildman–Crippen MR) is 100 cm³/mol. The van der Waals surface area contributed by atoms with Crippen molar-refractivity contribution in [2.24, 2.45) is 0 Å². The van der Waals surface area contributed by atoms with Crippen LogP contribution in [0.2, 0.25) is 0 Å². The number of ether oxygens (including phenoxy) is 1. The van der Waals surface area contributed by atoms with Gasteiger partial charge in [0.15, 0.2) is 6.10 Å². The Morgan fingerprint density at radius 3 is 1.85 bits per heavy atom. The van der Waals surface area contributed by atoms with Gasteiger partial charge in [-0.05, 0) is 58.9 Å². The lowest BCUT2D eigenvalue weighted by Gasteiger charge is -2.32. The summed E-state index contributed by atoms with van der Waals surface area (Å²) < 4.78 is 30.3. The molecule has 1 atom stereocenters. The van der Waals surface area contributed by atoms with Crippen molar-refractivity contribution in [2.45, 2.75) is 57.7 Å². The maximum atomic E-state index is 12.5. The fourth-order valence-electron chi connectivity index (χ4n) is 2.60. The number of hydroxylamine groups is 1. The highest BCUT2D eigenvalue weighted by molar-refractivity contribution is 7.89. The van der Waals surface area contributed by atoms with Crippen molar-refractivity contribution in [1.29, 1.82) is 0 Å². The normalized spacial score (nSPS) is 13.1. The summed E-state index contributed by atoms with van der Waals surface area (Å²) in [5, 5.41) is 0. The second-order valence-electron chi connectivity index (χ2n) is 6.60. The molecule has 0 fully saturated rings.